The molecule has 0 unspecified atom stereocenters. The second kappa shape index (κ2) is 6.69. The van der Waals surface area contributed by atoms with Crippen molar-refractivity contribution in [2.45, 2.75) is 16.7 Å². The summed E-state index contributed by atoms with van der Waals surface area (Å²) >= 11 is 1.81. The van der Waals surface area contributed by atoms with Gasteiger partial charge in [0, 0.05) is 23.7 Å². The Kier molecular flexibility index (Phi) is 5.14. The molecule has 0 amide bonds. The van der Waals surface area contributed by atoms with Gasteiger partial charge < -0.3 is 9.80 Å². The highest BCUT2D eigenvalue weighted by Gasteiger charge is 2.24. The van der Waals surface area contributed by atoms with Crippen molar-refractivity contribution in [2.75, 3.05) is 32.1 Å². The summed E-state index contributed by atoms with van der Waals surface area (Å²) in [7, 11) is 4.21. The zero-order valence-corrected chi connectivity index (χ0v) is 14.2. The molecule has 0 N–H and O–H groups in total. The van der Waals surface area contributed by atoms with Crippen molar-refractivity contribution in [3.8, 4) is 0 Å². The van der Waals surface area contributed by atoms with Crippen molar-refractivity contribution in [3.63, 3.8) is 0 Å². The molecule has 2 heterocycles. The summed E-state index contributed by atoms with van der Waals surface area (Å²) in [4.78, 5) is 11.9. The van der Waals surface area contributed by atoms with E-state index >= 15 is 0 Å². The van der Waals surface area contributed by atoms with E-state index in [1.807, 2.05) is 11.8 Å². The Bertz CT molecular complexity index is 631. The molecule has 2 aromatic rings. The van der Waals surface area contributed by atoms with Gasteiger partial charge in [-0.05, 0) is 45.3 Å². The third kappa shape index (κ3) is 3.34. The predicted molar refractivity (Wildman–Crippen MR) is 92.3 cm³/mol. The van der Waals surface area contributed by atoms with Crippen molar-refractivity contribution in [2.24, 2.45) is 0 Å². The Morgan fingerprint density at radius 1 is 1.10 bits per heavy atom. The number of anilines is 2. The van der Waals surface area contributed by atoms with Crippen molar-refractivity contribution in [1.82, 2.24) is 9.88 Å². The maximum absolute atomic E-state index is 4.76. The summed E-state index contributed by atoms with van der Waals surface area (Å²) in [6.07, 6.45) is 0. The van der Waals surface area contributed by atoms with Crippen LogP contribution >= 0.6 is 24.2 Å². The van der Waals surface area contributed by atoms with E-state index in [1.165, 1.54) is 15.5 Å². The van der Waals surface area contributed by atoms with E-state index in [9.17, 15) is 0 Å². The average molecular weight is 322 g/mol. The van der Waals surface area contributed by atoms with Crippen LogP contribution in [0.15, 0.2) is 46.2 Å². The minimum Gasteiger partial charge on any atom is -0.323 e. The highest BCUT2D eigenvalue weighted by molar-refractivity contribution is 7.99. The molecular weight excluding hydrogens is 302 g/mol. The van der Waals surface area contributed by atoms with Crippen LogP contribution in [-0.4, -0.2) is 37.1 Å². The third-order valence-electron chi connectivity index (χ3n) is 3.38. The fourth-order valence-corrected chi connectivity index (χ4v) is 3.38. The van der Waals surface area contributed by atoms with E-state index in [1.54, 1.807) is 0 Å². The first-order valence-electron chi connectivity index (χ1n) is 6.82. The Balaban J connectivity index is 0.00000161. The molecule has 1 aromatic heterocycles. The number of pyridine rings is 1. The van der Waals surface area contributed by atoms with Gasteiger partial charge in [0.05, 0.1) is 10.6 Å². The van der Waals surface area contributed by atoms with E-state index < -0.39 is 0 Å². The first kappa shape index (κ1) is 16.1. The summed E-state index contributed by atoms with van der Waals surface area (Å²) in [5, 5.41) is 0. The number of para-hydroxylation sites is 1. The minimum absolute atomic E-state index is 0. The molecule has 0 saturated heterocycles. The van der Waals surface area contributed by atoms with Gasteiger partial charge in [0.1, 0.15) is 5.82 Å². The Morgan fingerprint density at radius 3 is 2.62 bits per heavy atom. The van der Waals surface area contributed by atoms with Gasteiger partial charge in [0.2, 0.25) is 0 Å². The normalized spacial score (nSPS) is 12.7. The largest absolute Gasteiger partial charge is 0.323 e. The average Bonchev–Trinajstić information content (AvgIpc) is 2.43. The lowest BCUT2D eigenvalue weighted by atomic mass is 10.2. The first-order chi connectivity index (χ1) is 9.65. The van der Waals surface area contributed by atoms with Crippen LogP contribution in [0.2, 0.25) is 0 Å². The maximum atomic E-state index is 4.76. The van der Waals surface area contributed by atoms with Crippen LogP contribution in [0.3, 0.4) is 0 Å². The number of nitrogens with zero attached hydrogens (tertiary/aromatic N) is 3. The van der Waals surface area contributed by atoms with Crippen LogP contribution in [0.4, 0.5) is 11.5 Å². The Labute approximate surface area is 136 Å². The van der Waals surface area contributed by atoms with Crippen LogP contribution in [0.25, 0.3) is 0 Å². The molecule has 1 aliphatic rings. The number of aryl methyl sites for hydroxylation is 1. The van der Waals surface area contributed by atoms with Crippen molar-refractivity contribution in [3.05, 3.63) is 42.1 Å². The molecule has 5 heteroatoms. The van der Waals surface area contributed by atoms with E-state index in [2.05, 4.69) is 67.2 Å². The lowest BCUT2D eigenvalue weighted by molar-refractivity contribution is 0.418. The molecule has 1 aromatic carbocycles. The molecule has 0 fully saturated rings. The van der Waals surface area contributed by atoms with Crippen LogP contribution in [0.1, 0.15) is 5.69 Å². The summed E-state index contributed by atoms with van der Waals surface area (Å²) in [6.45, 7) is 4.01. The van der Waals surface area contributed by atoms with Gasteiger partial charge in [-0.1, -0.05) is 23.9 Å². The second-order valence-corrected chi connectivity index (χ2v) is 6.38. The number of hydrogen-bond donors (Lipinski definition) is 0. The molecule has 0 radical (unpaired) electrons. The number of halogens is 1. The highest BCUT2D eigenvalue weighted by Crippen LogP contribution is 2.46. The van der Waals surface area contributed by atoms with E-state index in [0.717, 1.165) is 24.6 Å². The van der Waals surface area contributed by atoms with Gasteiger partial charge in [-0.15, -0.1) is 12.4 Å². The fraction of sp³-hybridized carbons (Fsp3) is 0.312. The SMILES string of the molecule is Cc1ccc2c(n1)N(CCN(C)C)c1ccccc1S2.Cl. The summed E-state index contributed by atoms with van der Waals surface area (Å²) in [6, 6.07) is 12.8. The number of hydrogen-bond acceptors (Lipinski definition) is 4. The molecule has 0 saturated carbocycles. The monoisotopic (exact) mass is 321 g/mol. The molecule has 0 atom stereocenters. The molecule has 0 aliphatic carbocycles. The molecule has 3 nitrogen and oxygen atoms in total. The van der Waals surface area contributed by atoms with Gasteiger partial charge in [0.25, 0.3) is 0 Å². The summed E-state index contributed by atoms with van der Waals surface area (Å²) < 4.78 is 0. The third-order valence-corrected chi connectivity index (χ3v) is 4.48. The molecule has 1 aliphatic heterocycles. The van der Waals surface area contributed by atoms with Gasteiger partial charge in [-0.25, -0.2) is 4.98 Å². The number of aromatic nitrogens is 1. The number of rotatable bonds is 3. The van der Waals surface area contributed by atoms with Crippen molar-refractivity contribution < 1.29 is 0 Å². The molecular formula is C16H20ClN3S. The topological polar surface area (TPSA) is 19.4 Å². The standard InChI is InChI=1S/C16H19N3S.ClH/c1-12-8-9-15-16(17-12)19(11-10-18(2)3)13-6-4-5-7-14(13)20-15;/h4-9H,10-11H2,1-3H3;1H. The number of likely N-dealkylation sites (N-methyl/N-ethyl adjacent to an activating group) is 1. The molecule has 3 rings (SSSR count). The zero-order valence-electron chi connectivity index (χ0n) is 12.5. The van der Waals surface area contributed by atoms with E-state index in [0.29, 0.717) is 0 Å². The van der Waals surface area contributed by atoms with E-state index in [4.69, 9.17) is 4.98 Å². The van der Waals surface area contributed by atoms with Crippen molar-refractivity contribution >= 4 is 35.7 Å². The number of fused-ring (bicyclic) bond motifs is 2. The van der Waals surface area contributed by atoms with Crippen molar-refractivity contribution in [1.29, 1.82) is 0 Å². The summed E-state index contributed by atoms with van der Waals surface area (Å²) in [5.41, 5.74) is 2.34. The lowest BCUT2D eigenvalue weighted by Gasteiger charge is -2.32. The highest BCUT2D eigenvalue weighted by atomic mass is 35.5. The predicted octanol–water partition coefficient (Wildman–Crippen LogP) is 3.98. The van der Waals surface area contributed by atoms with Gasteiger partial charge in [-0.3, -0.25) is 0 Å². The maximum Gasteiger partial charge on any atom is 0.147 e. The first-order valence-corrected chi connectivity index (χ1v) is 7.63. The molecule has 112 valence electrons. The minimum atomic E-state index is 0. The molecule has 0 bridgehead atoms. The van der Waals surface area contributed by atoms with Crippen LogP contribution in [-0.2, 0) is 0 Å². The quantitative estimate of drug-likeness (QED) is 0.851. The van der Waals surface area contributed by atoms with Crippen LogP contribution < -0.4 is 4.90 Å². The zero-order chi connectivity index (χ0) is 14.1. The lowest BCUT2D eigenvalue weighted by Crippen LogP contribution is -2.30. The number of benzene rings is 1. The van der Waals surface area contributed by atoms with Crippen LogP contribution in [0, 0.1) is 6.92 Å². The van der Waals surface area contributed by atoms with Gasteiger partial charge >= 0.3 is 0 Å². The molecule has 0 spiro atoms. The van der Waals surface area contributed by atoms with Gasteiger partial charge in [-0.2, -0.15) is 0 Å². The molecule has 21 heavy (non-hydrogen) atoms. The second-order valence-electron chi connectivity index (χ2n) is 5.30. The Morgan fingerprint density at radius 2 is 1.86 bits per heavy atom. The van der Waals surface area contributed by atoms with E-state index in [-0.39, 0.29) is 12.4 Å². The van der Waals surface area contributed by atoms with Gasteiger partial charge in [0.15, 0.2) is 0 Å². The summed E-state index contributed by atoms with van der Waals surface area (Å²) in [5.74, 6) is 1.09. The smallest absolute Gasteiger partial charge is 0.147 e. The fourth-order valence-electron chi connectivity index (χ4n) is 2.33. The van der Waals surface area contributed by atoms with Crippen LogP contribution in [0.5, 0.6) is 0 Å². The Hall–Kier alpha value is -1.23.